The fraction of sp³-hybridized carbons (Fsp3) is 0.268. The van der Waals surface area contributed by atoms with Crippen LogP contribution in [0, 0.1) is 5.82 Å². The van der Waals surface area contributed by atoms with Crippen molar-refractivity contribution < 1.29 is 23.5 Å². The summed E-state index contributed by atoms with van der Waals surface area (Å²) >= 11 is 0. The van der Waals surface area contributed by atoms with Gasteiger partial charge in [-0.05, 0) is 54.4 Å². The van der Waals surface area contributed by atoms with Gasteiger partial charge in [0.25, 0.3) is 5.91 Å². The van der Waals surface area contributed by atoms with Crippen molar-refractivity contribution in [3.8, 4) is 17.1 Å². The number of imidazole rings is 1. The fourth-order valence-electron chi connectivity index (χ4n) is 7.54. The monoisotopic (exact) mass is 800 g/mol. The molecule has 0 saturated carbocycles. The molecule has 2 fully saturated rings. The average Bonchev–Trinajstić information content (AvgIpc) is 3.49. The molecule has 18 heteroatoms. The van der Waals surface area contributed by atoms with Crippen molar-refractivity contribution in [1.29, 1.82) is 0 Å². The first-order valence-electron chi connectivity index (χ1n) is 19.0. The van der Waals surface area contributed by atoms with E-state index in [0.29, 0.717) is 51.9 Å². The van der Waals surface area contributed by atoms with Gasteiger partial charge in [-0.25, -0.2) is 29.1 Å². The van der Waals surface area contributed by atoms with E-state index in [9.17, 15) is 23.6 Å². The van der Waals surface area contributed by atoms with Crippen LogP contribution in [-0.2, 0) is 23.2 Å². The van der Waals surface area contributed by atoms with Crippen LogP contribution in [0.15, 0.2) is 84.2 Å². The molecule has 302 valence electrons. The number of benzene rings is 2. The van der Waals surface area contributed by atoms with E-state index >= 15 is 0 Å². The number of hydrogen-bond donors (Lipinski definition) is 4. The van der Waals surface area contributed by atoms with Crippen molar-refractivity contribution in [3.63, 3.8) is 0 Å². The Morgan fingerprint density at radius 2 is 1.68 bits per heavy atom. The number of piperazine rings is 1. The number of nitrogens with one attached hydrogen (secondary N) is 4. The van der Waals surface area contributed by atoms with Crippen LogP contribution in [0.5, 0.6) is 5.75 Å². The fourth-order valence-corrected chi connectivity index (χ4v) is 7.54. The molecule has 1 unspecified atom stereocenters. The number of anilines is 5. The maximum atomic E-state index is 13.6. The largest absolute Gasteiger partial charge is 0.494 e. The standard InChI is InChI=1S/C41H41FN12O5/c1-43-39(56)28-22-45-35(19-30(28)48-29-6-4-5-27(37(29)59-3)38-46-20-25(42)21-47-38)49-34-17-24(11-12-44-34)23-52-13-15-53(16-14-52)26-7-8-31-33(18-26)51(2)41(58)54(31)32-9-10-36(55)50-40(32)57/h4-8,11-12,17-22,32H,9-10,13-16,23H2,1-3H3,(H,43,56)(H,50,55,57)(H2,44,45,48,49). The zero-order valence-electron chi connectivity index (χ0n) is 32.5. The summed E-state index contributed by atoms with van der Waals surface area (Å²) in [5.41, 5.74) is 4.91. The Hall–Kier alpha value is -7.21. The molecule has 2 aliphatic rings. The summed E-state index contributed by atoms with van der Waals surface area (Å²) in [6.45, 7) is 3.83. The number of aryl methyl sites for hydroxylation is 1. The molecule has 0 radical (unpaired) electrons. The molecule has 6 heterocycles. The van der Waals surface area contributed by atoms with E-state index in [-0.39, 0.29) is 36.2 Å². The molecule has 4 aromatic heterocycles. The first-order chi connectivity index (χ1) is 28.6. The van der Waals surface area contributed by atoms with Gasteiger partial charge in [0.1, 0.15) is 17.7 Å². The Balaban J connectivity index is 0.943. The molecule has 0 bridgehead atoms. The first-order valence-corrected chi connectivity index (χ1v) is 19.0. The number of imide groups is 1. The van der Waals surface area contributed by atoms with E-state index in [1.165, 1.54) is 24.9 Å². The number of nitrogens with zero attached hydrogens (tertiary/aromatic N) is 8. The van der Waals surface area contributed by atoms with Crippen molar-refractivity contribution in [3.05, 3.63) is 107 Å². The number of carbonyl (C=O) groups excluding carboxylic acids is 3. The summed E-state index contributed by atoms with van der Waals surface area (Å²) in [5, 5.41) is 11.6. The normalized spacial score (nSPS) is 15.9. The molecule has 2 aromatic carbocycles. The SMILES string of the molecule is CNC(=O)c1cnc(Nc2cc(CN3CCN(c4ccc5c(c4)n(C)c(=O)n5C4CCC(=O)NC4=O)CC3)ccn2)cc1Nc1cccc(-c2ncc(F)cn2)c1OC. The molecule has 8 rings (SSSR count). The molecule has 4 N–H and O–H groups in total. The minimum absolute atomic E-state index is 0.189. The predicted octanol–water partition coefficient (Wildman–Crippen LogP) is 3.88. The Morgan fingerprint density at radius 3 is 2.42 bits per heavy atom. The van der Waals surface area contributed by atoms with Gasteiger partial charge in [0.15, 0.2) is 17.4 Å². The molecule has 0 aliphatic carbocycles. The lowest BCUT2D eigenvalue weighted by molar-refractivity contribution is -0.135. The lowest BCUT2D eigenvalue weighted by atomic mass is 10.1. The molecule has 0 spiro atoms. The second-order valence-corrected chi connectivity index (χ2v) is 14.2. The van der Waals surface area contributed by atoms with Crippen molar-refractivity contribution in [1.82, 2.24) is 44.6 Å². The van der Waals surface area contributed by atoms with Crippen LogP contribution in [0.25, 0.3) is 22.4 Å². The molecular formula is C41H41FN12O5. The average molecular weight is 801 g/mol. The number of rotatable bonds is 11. The Labute approximate surface area is 337 Å². The number of ether oxygens (including phenoxy) is 1. The topological polar surface area (TPSA) is 194 Å². The third-order valence-electron chi connectivity index (χ3n) is 10.5. The van der Waals surface area contributed by atoms with Gasteiger partial charge in [-0.3, -0.25) is 33.7 Å². The van der Waals surface area contributed by atoms with Gasteiger partial charge in [-0.2, -0.15) is 0 Å². The highest BCUT2D eigenvalue weighted by atomic mass is 19.1. The predicted molar refractivity (Wildman–Crippen MR) is 218 cm³/mol. The third kappa shape index (κ3) is 7.89. The number of pyridine rings is 2. The van der Waals surface area contributed by atoms with Crippen LogP contribution < -0.4 is 36.6 Å². The number of halogens is 1. The zero-order valence-corrected chi connectivity index (χ0v) is 32.5. The number of fused-ring (bicyclic) bond motifs is 1. The van der Waals surface area contributed by atoms with Gasteiger partial charge < -0.3 is 25.6 Å². The second-order valence-electron chi connectivity index (χ2n) is 14.2. The van der Waals surface area contributed by atoms with Gasteiger partial charge in [0, 0.05) is 77.4 Å². The summed E-state index contributed by atoms with van der Waals surface area (Å²) < 4.78 is 22.3. The van der Waals surface area contributed by atoms with Crippen LogP contribution in [0.1, 0.15) is 34.8 Å². The van der Waals surface area contributed by atoms with Crippen molar-refractivity contribution in [2.45, 2.75) is 25.4 Å². The highest BCUT2D eigenvalue weighted by Crippen LogP contribution is 2.37. The number of piperidine rings is 1. The van der Waals surface area contributed by atoms with Gasteiger partial charge in [0.2, 0.25) is 11.8 Å². The quantitative estimate of drug-likeness (QED) is 0.138. The number of aromatic nitrogens is 6. The van der Waals surface area contributed by atoms with E-state index < -0.39 is 17.8 Å². The third-order valence-corrected chi connectivity index (χ3v) is 10.5. The number of carbonyl (C=O) groups is 3. The zero-order chi connectivity index (χ0) is 41.2. The van der Waals surface area contributed by atoms with E-state index in [1.807, 2.05) is 30.3 Å². The lowest BCUT2D eigenvalue weighted by Crippen LogP contribution is -2.46. The van der Waals surface area contributed by atoms with E-state index in [2.05, 4.69) is 51.0 Å². The maximum Gasteiger partial charge on any atom is 0.329 e. The molecular weight excluding hydrogens is 760 g/mol. The van der Waals surface area contributed by atoms with Gasteiger partial charge in [-0.1, -0.05) is 6.07 Å². The number of para-hydroxylation sites is 1. The summed E-state index contributed by atoms with van der Waals surface area (Å²) in [7, 11) is 4.74. The van der Waals surface area contributed by atoms with Gasteiger partial charge >= 0.3 is 5.69 Å². The number of methoxy groups -OCH3 is 1. The van der Waals surface area contributed by atoms with Crippen molar-refractivity contribution in [2.75, 3.05) is 55.9 Å². The van der Waals surface area contributed by atoms with E-state index in [4.69, 9.17) is 4.74 Å². The van der Waals surface area contributed by atoms with Gasteiger partial charge in [0.05, 0.1) is 53.0 Å². The van der Waals surface area contributed by atoms with Crippen LogP contribution in [0.3, 0.4) is 0 Å². The Bertz CT molecular complexity index is 2640. The van der Waals surface area contributed by atoms with Crippen LogP contribution in [0.4, 0.5) is 33.1 Å². The van der Waals surface area contributed by atoms with Crippen LogP contribution in [0.2, 0.25) is 0 Å². The minimum atomic E-state index is -0.729. The maximum absolute atomic E-state index is 13.6. The Morgan fingerprint density at radius 1 is 0.898 bits per heavy atom. The summed E-state index contributed by atoms with van der Waals surface area (Å²) in [6, 6.07) is 16.1. The molecule has 6 aromatic rings. The summed E-state index contributed by atoms with van der Waals surface area (Å²) in [5.74, 6) is 0.00637. The summed E-state index contributed by atoms with van der Waals surface area (Å²) in [4.78, 5) is 72.4. The highest BCUT2D eigenvalue weighted by Gasteiger charge is 2.31. The van der Waals surface area contributed by atoms with Crippen molar-refractivity contribution >= 4 is 57.5 Å². The van der Waals surface area contributed by atoms with E-state index in [0.717, 1.165) is 55.3 Å². The van der Waals surface area contributed by atoms with Crippen molar-refractivity contribution in [2.24, 2.45) is 7.05 Å². The number of hydrogen-bond acceptors (Lipinski definition) is 13. The summed E-state index contributed by atoms with van der Waals surface area (Å²) in [6.07, 6.45) is 5.85. The molecule has 2 aliphatic heterocycles. The Kier molecular flexibility index (Phi) is 10.7. The highest BCUT2D eigenvalue weighted by molar-refractivity contribution is 6.01. The first kappa shape index (κ1) is 38.7. The van der Waals surface area contributed by atoms with Crippen LogP contribution >= 0.6 is 0 Å². The molecule has 2 saturated heterocycles. The minimum Gasteiger partial charge on any atom is -0.494 e. The molecule has 1 atom stereocenters. The number of amides is 3. The smallest absolute Gasteiger partial charge is 0.329 e. The lowest BCUT2D eigenvalue weighted by Gasteiger charge is -2.36. The molecule has 3 amide bonds. The molecule has 59 heavy (non-hydrogen) atoms. The molecule has 17 nitrogen and oxygen atoms in total. The van der Waals surface area contributed by atoms with Gasteiger partial charge in [-0.15, -0.1) is 0 Å². The van der Waals surface area contributed by atoms with E-state index in [1.54, 1.807) is 42.1 Å². The second kappa shape index (κ2) is 16.3. The van der Waals surface area contributed by atoms with Crippen LogP contribution in [-0.4, -0.2) is 92.0 Å².